The third-order valence-electron chi connectivity index (χ3n) is 5.30. The van der Waals surface area contributed by atoms with Gasteiger partial charge in [-0.1, -0.05) is 13.0 Å². The van der Waals surface area contributed by atoms with Crippen LogP contribution in [-0.2, 0) is 0 Å². The van der Waals surface area contributed by atoms with Gasteiger partial charge >= 0.3 is 0 Å². The van der Waals surface area contributed by atoms with Crippen molar-refractivity contribution in [3.8, 4) is 0 Å². The van der Waals surface area contributed by atoms with Crippen LogP contribution in [0.1, 0.15) is 58.1 Å². The Morgan fingerprint density at radius 2 is 1.93 bits per heavy atom. The van der Waals surface area contributed by atoms with Crippen molar-refractivity contribution in [2.45, 2.75) is 58.5 Å². The summed E-state index contributed by atoms with van der Waals surface area (Å²) in [4.78, 5) is 12.8. The van der Waals surface area contributed by atoms with Crippen LogP contribution in [0.15, 0.2) is 47.6 Å². The van der Waals surface area contributed by atoms with E-state index in [1.54, 1.807) is 18.3 Å². The zero-order valence-corrected chi connectivity index (χ0v) is 17.1. The molecular weight excluding hydrogens is 352 g/mol. The van der Waals surface area contributed by atoms with E-state index in [1.807, 2.05) is 0 Å². The number of anilines is 2. The standard InChI is InChI=1S/C22H28N4O2/c1-15(2)25-21-11-6-17(12-20(21)16(3)13-22(25,4)5)14-23-24-18-7-9-19(10-8-18)26(27)28/h6-12,14-16,24H,13H2,1-5H3/b23-14-/t16-/m0/s1. The highest BCUT2D eigenvalue weighted by molar-refractivity contribution is 5.82. The van der Waals surface area contributed by atoms with E-state index in [0.717, 1.165) is 12.0 Å². The second-order valence-corrected chi connectivity index (χ2v) is 8.37. The van der Waals surface area contributed by atoms with Crippen LogP contribution in [0.4, 0.5) is 17.1 Å². The van der Waals surface area contributed by atoms with Crippen LogP contribution in [0.3, 0.4) is 0 Å². The van der Waals surface area contributed by atoms with Gasteiger partial charge in [-0.2, -0.15) is 5.10 Å². The van der Waals surface area contributed by atoms with E-state index in [4.69, 9.17) is 0 Å². The van der Waals surface area contributed by atoms with Crippen LogP contribution in [0.2, 0.25) is 0 Å². The first-order chi connectivity index (χ1) is 13.2. The lowest BCUT2D eigenvalue weighted by Gasteiger charge is -2.50. The van der Waals surface area contributed by atoms with Crippen LogP contribution in [0, 0.1) is 10.1 Å². The Hall–Kier alpha value is -2.89. The molecule has 3 rings (SSSR count). The van der Waals surface area contributed by atoms with E-state index in [-0.39, 0.29) is 11.2 Å². The van der Waals surface area contributed by atoms with Crippen molar-refractivity contribution in [2.75, 3.05) is 10.3 Å². The normalized spacial score (nSPS) is 18.4. The van der Waals surface area contributed by atoms with E-state index >= 15 is 0 Å². The average molecular weight is 380 g/mol. The number of hydrazone groups is 1. The predicted octanol–water partition coefficient (Wildman–Crippen LogP) is 5.54. The number of non-ortho nitro benzene ring substituents is 1. The SMILES string of the molecule is CC(C)N1c2ccc(/C=N\Nc3ccc([N+](=O)[O-])cc3)cc2[C@@H](C)CC1(C)C. The van der Waals surface area contributed by atoms with Crippen molar-refractivity contribution < 1.29 is 4.92 Å². The zero-order chi connectivity index (χ0) is 20.5. The number of nitrogens with one attached hydrogen (secondary N) is 1. The van der Waals surface area contributed by atoms with E-state index in [0.29, 0.717) is 17.6 Å². The highest BCUT2D eigenvalue weighted by Crippen LogP contribution is 2.44. The third kappa shape index (κ3) is 4.01. The van der Waals surface area contributed by atoms with Gasteiger partial charge in [0.15, 0.2) is 0 Å². The molecule has 0 saturated carbocycles. The molecule has 1 heterocycles. The summed E-state index contributed by atoms with van der Waals surface area (Å²) >= 11 is 0. The van der Waals surface area contributed by atoms with Crippen LogP contribution < -0.4 is 10.3 Å². The monoisotopic (exact) mass is 380 g/mol. The van der Waals surface area contributed by atoms with E-state index in [2.05, 4.69) is 68.2 Å². The minimum Gasteiger partial charge on any atom is -0.364 e. The van der Waals surface area contributed by atoms with Gasteiger partial charge in [-0.3, -0.25) is 15.5 Å². The van der Waals surface area contributed by atoms with Crippen molar-refractivity contribution >= 4 is 23.3 Å². The van der Waals surface area contributed by atoms with Gasteiger partial charge in [0.25, 0.3) is 5.69 Å². The molecular formula is C22H28N4O2. The topological polar surface area (TPSA) is 70.8 Å². The molecule has 0 aliphatic carbocycles. The van der Waals surface area contributed by atoms with E-state index in [9.17, 15) is 10.1 Å². The fourth-order valence-electron chi connectivity index (χ4n) is 4.37. The number of hydrogen-bond donors (Lipinski definition) is 1. The number of fused-ring (bicyclic) bond motifs is 1. The smallest absolute Gasteiger partial charge is 0.269 e. The summed E-state index contributed by atoms with van der Waals surface area (Å²) in [5.41, 5.74) is 7.52. The number of benzene rings is 2. The Labute approximate surface area is 166 Å². The van der Waals surface area contributed by atoms with Crippen molar-refractivity contribution in [3.63, 3.8) is 0 Å². The summed E-state index contributed by atoms with van der Waals surface area (Å²) in [7, 11) is 0. The Morgan fingerprint density at radius 1 is 1.25 bits per heavy atom. The Bertz CT molecular complexity index is 888. The van der Waals surface area contributed by atoms with Gasteiger partial charge in [0.1, 0.15) is 0 Å². The van der Waals surface area contributed by atoms with Crippen molar-refractivity contribution in [2.24, 2.45) is 5.10 Å². The van der Waals surface area contributed by atoms with Crippen LogP contribution in [0.25, 0.3) is 0 Å². The quantitative estimate of drug-likeness (QED) is 0.420. The number of nitro groups is 1. The van der Waals surface area contributed by atoms with E-state index < -0.39 is 4.92 Å². The molecule has 0 fully saturated rings. The highest BCUT2D eigenvalue weighted by Gasteiger charge is 2.37. The van der Waals surface area contributed by atoms with Crippen LogP contribution in [-0.4, -0.2) is 22.7 Å². The maximum Gasteiger partial charge on any atom is 0.269 e. The molecule has 0 bridgehead atoms. The molecule has 1 aliphatic rings. The molecule has 0 amide bonds. The van der Waals surface area contributed by atoms with Crippen molar-refractivity contribution in [3.05, 3.63) is 63.7 Å². The maximum absolute atomic E-state index is 10.7. The number of hydrogen-bond acceptors (Lipinski definition) is 5. The molecule has 2 aromatic rings. The summed E-state index contributed by atoms with van der Waals surface area (Å²) in [6.45, 7) is 11.4. The minimum atomic E-state index is -0.414. The van der Waals surface area contributed by atoms with E-state index in [1.165, 1.54) is 23.4 Å². The maximum atomic E-state index is 10.7. The van der Waals surface area contributed by atoms with Gasteiger partial charge in [-0.05, 0) is 75.4 Å². The van der Waals surface area contributed by atoms with Crippen molar-refractivity contribution in [1.82, 2.24) is 0 Å². The number of rotatable bonds is 5. The molecule has 1 atom stereocenters. The zero-order valence-electron chi connectivity index (χ0n) is 17.1. The molecule has 2 aromatic carbocycles. The molecule has 6 heteroatoms. The number of nitrogens with zero attached hydrogens (tertiary/aromatic N) is 3. The first-order valence-electron chi connectivity index (χ1n) is 9.66. The molecule has 6 nitrogen and oxygen atoms in total. The molecule has 0 aromatic heterocycles. The Kier molecular flexibility index (Phi) is 5.40. The molecule has 28 heavy (non-hydrogen) atoms. The summed E-state index contributed by atoms with van der Waals surface area (Å²) in [6, 6.07) is 13.1. The second kappa shape index (κ2) is 7.62. The van der Waals surface area contributed by atoms with Crippen molar-refractivity contribution in [1.29, 1.82) is 0 Å². The first kappa shape index (κ1) is 19.9. The largest absolute Gasteiger partial charge is 0.364 e. The lowest BCUT2D eigenvalue weighted by atomic mass is 9.79. The Balaban J connectivity index is 1.79. The van der Waals surface area contributed by atoms with Gasteiger partial charge in [-0.15, -0.1) is 0 Å². The fraction of sp³-hybridized carbons (Fsp3) is 0.409. The predicted molar refractivity (Wildman–Crippen MR) is 115 cm³/mol. The van der Waals surface area contributed by atoms with Crippen LogP contribution >= 0.6 is 0 Å². The molecule has 0 spiro atoms. The van der Waals surface area contributed by atoms with Crippen LogP contribution in [0.5, 0.6) is 0 Å². The molecule has 0 radical (unpaired) electrons. The lowest BCUT2D eigenvalue weighted by Crippen LogP contribution is -2.51. The third-order valence-corrected chi connectivity index (χ3v) is 5.30. The second-order valence-electron chi connectivity index (χ2n) is 8.37. The van der Waals surface area contributed by atoms with Gasteiger partial charge < -0.3 is 4.90 Å². The summed E-state index contributed by atoms with van der Waals surface area (Å²) in [5, 5.41) is 15.0. The molecule has 1 N–H and O–H groups in total. The summed E-state index contributed by atoms with van der Waals surface area (Å²) in [5.74, 6) is 0.482. The summed E-state index contributed by atoms with van der Waals surface area (Å²) < 4.78 is 0. The van der Waals surface area contributed by atoms with Gasteiger partial charge in [-0.25, -0.2) is 0 Å². The fourth-order valence-corrected chi connectivity index (χ4v) is 4.37. The highest BCUT2D eigenvalue weighted by atomic mass is 16.6. The number of nitro benzene ring substituents is 1. The lowest BCUT2D eigenvalue weighted by molar-refractivity contribution is -0.384. The van der Waals surface area contributed by atoms with Gasteiger partial charge in [0, 0.05) is 29.4 Å². The molecule has 0 saturated heterocycles. The molecule has 0 unspecified atom stereocenters. The first-order valence-corrected chi connectivity index (χ1v) is 9.66. The summed E-state index contributed by atoms with van der Waals surface area (Å²) in [6.07, 6.45) is 2.90. The molecule has 148 valence electrons. The average Bonchev–Trinajstić information content (AvgIpc) is 2.61. The van der Waals surface area contributed by atoms with Gasteiger partial charge in [0.2, 0.25) is 0 Å². The molecule has 1 aliphatic heterocycles. The minimum absolute atomic E-state index is 0.0656. The Morgan fingerprint density at radius 3 is 2.54 bits per heavy atom. The van der Waals surface area contributed by atoms with Gasteiger partial charge in [0.05, 0.1) is 16.8 Å².